The minimum Gasteiger partial charge on any atom is -0.481 e. The molecule has 8 heteroatoms. The lowest BCUT2D eigenvalue weighted by atomic mass is 10.2. The first kappa shape index (κ1) is 17.1. The van der Waals surface area contributed by atoms with Gasteiger partial charge >= 0.3 is 11.9 Å². The zero-order valence-electron chi connectivity index (χ0n) is 11.8. The van der Waals surface area contributed by atoms with Gasteiger partial charge < -0.3 is 9.84 Å². The van der Waals surface area contributed by atoms with E-state index in [0.717, 1.165) is 4.31 Å². The number of esters is 1. The van der Waals surface area contributed by atoms with Crippen LogP contribution in [0.15, 0.2) is 29.2 Å². The van der Waals surface area contributed by atoms with Crippen molar-refractivity contribution < 1.29 is 27.9 Å². The van der Waals surface area contributed by atoms with Crippen molar-refractivity contribution in [2.45, 2.75) is 18.2 Å². The Bertz CT molecular complexity index is 625. The molecule has 0 saturated carbocycles. The molecule has 0 amide bonds. The Morgan fingerprint density at radius 3 is 2.57 bits per heavy atom. The fourth-order valence-corrected chi connectivity index (χ4v) is 2.77. The highest BCUT2D eigenvalue weighted by Crippen LogP contribution is 2.16. The van der Waals surface area contributed by atoms with Crippen LogP contribution in [0.3, 0.4) is 0 Å². The molecule has 0 fully saturated rings. The number of hydrogen-bond acceptors (Lipinski definition) is 5. The number of rotatable bonds is 7. The van der Waals surface area contributed by atoms with Gasteiger partial charge in [-0.1, -0.05) is 6.07 Å². The summed E-state index contributed by atoms with van der Waals surface area (Å²) < 4.78 is 30.3. The van der Waals surface area contributed by atoms with Crippen LogP contribution in [0.2, 0.25) is 0 Å². The lowest BCUT2D eigenvalue weighted by Crippen LogP contribution is -2.29. The molecule has 0 bridgehead atoms. The zero-order valence-corrected chi connectivity index (χ0v) is 12.6. The molecule has 21 heavy (non-hydrogen) atoms. The van der Waals surface area contributed by atoms with Gasteiger partial charge in [0.05, 0.1) is 23.5 Å². The Labute approximate surface area is 123 Å². The van der Waals surface area contributed by atoms with E-state index in [0.29, 0.717) is 0 Å². The molecule has 0 radical (unpaired) electrons. The van der Waals surface area contributed by atoms with Crippen LogP contribution in [0, 0.1) is 0 Å². The van der Waals surface area contributed by atoms with Crippen LogP contribution in [0.4, 0.5) is 0 Å². The van der Waals surface area contributed by atoms with E-state index >= 15 is 0 Å². The average Bonchev–Trinajstić information content (AvgIpc) is 2.45. The summed E-state index contributed by atoms with van der Waals surface area (Å²) in [6.45, 7) is 1.69. The second kappa shape index (κ2) is 7.19. The summed E-state index contributed by atoms with van der Waals surface area (Å²) in [7, 11) is -2.56. The summed E-state index contributed by atoms with van der Waals surface area (Å²) in [5, 5.41) is 8.59. The summed E-state index contributed by atoms with van der Waals surface area (Å²) in [5.74, 6) is -1.69. The first-order valence-electron chi connectivity index (χ1n) is 6.24. The summed E-state index contributed by atoms with van der Waals surface area (Å²) in [6, 6.07) is 5.44. The molecule has 1 aromatic carbocycles. The van der Waals surface area contributed by atoms with Gasteiger partial charge in [-0.2, -0.15) is 0 Å². The third-order valence-corrected chi connectivity index (χ3v) is 4.55. The Balaban J connectivity index is 3.00. The van der Waals surface area contributed by atoms with E-state index in [1.165, 1.54) is 31.3 Å². The van der Waals surface area contributed by atoms with E-state index in [-0.39, 0.29) is 30.0 Å². The molecule has 0 aliphatic rings. The number of carboxylic acids is 1. The fraction of sp³-hybridized carbons (Fsp3) is 0.385. The summed E-state index contributed by atoms with van der Waals surface area (Å²) >= 11 is 0. The molecule has 1 aromatic rings. The first-order chi connectivity index (χ1) is 9.78. The third kappa shape index (κ3) is 4.54. The third-order valence-electron chi connectivity index (χ3n) is 2.69. The maximum atomic E-state index is 12.3. The van der Waals surface area contributed by atoms with Gasteiger partial charge in [0.25, 0.3) is 0 Å². The van der Waals surface area contributed by atoms with Gasteiger partial charge in [0.1, 0.15) is 0 Å². The molecule has 1 rings (SSSR count). The number of nitrogens with zero attached hydrogens (tertiary/aromatic N) is 1. The van der Waals surface area contributed by atoms with Crippen LogP contribution in [0.1, 0.15) is 23.7 Å². The molecule has 0 saturated heterocycles. The Morgan fingerprint density at radius 1 is 1.33 bits per heavy atom. The predicted molar refractivity (Wildman–Crippen MR) is 74.5 cm³/mol. The molecule has 0 aliphatic carbocycles. The summed E-state index contributed by atoms with van der Waals surface area (Å²) in [5.41, 5.74) is 0.129. The van der Waals surface area contributed by atoms with Crippen molar-refractivity contribution in [2.75, 3.05) is 20.2 Å². The summed E-state index contributed by atoms with van der Waals surface area (Å²) in [6.07, 6.45) is -0.298. The SMILES string of the molecule is CCOC(=O)c1cccc(S(=O)(=O)N(C)CCC(=O)O)c1. The van der Waals surface area contributed by atoms with E-state index in [9.17, 15) is 18.0 Å². The van der Waals surface area contributed by atoms with Crippen LogP contribution in [0.5, 0.6) is 0 Å². The lowest BCUT2D eigenvalue weighted by Gasteiger charge is -2.16. The molecule has 0 atom stereocenters. The number of hydrogen-bond donors (Lipinski definition) is 1. The largest absolute Gasteiger partial charge is 0.481 e. The molecule has 0 spiro atoms. The van der Waals surface area contributed by atoms with Gasteiger partial charge in [0.2, 0.25) is 10.0 Å². The molecular weight excluding hydrogens is 298 g/mol. The molecular formula is C13H17NO6S. The summed E-state index contributed by atoms with van der Waals surface area (Å²) in [4.78, 5) is 22.0. The minimum atomic E-state index is -3.84. The van der Waals surface area contributed by atoms with Crippen LogP contribution < -0.4 is 0 Å². The van der Waals surface area contributed by atoms with Gasteiger partial charge in [-0.3, -0.25) is 4.79 Å². The molecule has 0 heterocycles. The standard InChI is InChI=1S/C13H17NO6S/c1-3-20-13(17)10-5-4-6-11(9-10)21(18,19)14(2)8-7-12(15)16/h4-6,9H,3,7-8H2,1-2H3,(H,15,16). The van der Waals surface area contributed by atoms with Crippen molar-refractivity contribution in [1.29, 1.82) is 0 Å². The van der Waals surface area contributed by atoms with E-state index < -0.39 is 22.0 Å². The molecule has 0 unspecified atom stereocenters. The topological polar surface area (TPSA) is 101 Å². The molecule has 0 aliphatic heterocycles. The number of benzene rings is 1. The van der Waals surface area contributed by atoms with E-state index in [1.54, 1.807) is 6.92 Å². The Hall–Kier alpha value is -1.93. The van der Waals surface area contributed by atoms with Gasteiger partial charge in [-0.05, 0) is 25.1 Å². The van der Waals surface area contributed by atoms with Gasteiger partial charge in [0, 0.05) is 13.6 Å². The molecule has 1 N–H and O–H groups in total. The number of ether oxygens (including phenoxy) is 1. The fourth-order valence-electron chi connectivity index (χ4n) is 1.55. The average molecular weight is 315 g/mol. The minimum absolute atomic E-state index is 0.0825. The van der Waals surface area contributed by atoms with Gasteiger partial charge in [0.15, 0.2) is 0 Å². The lowest BCUT2D eigenvalue weighted by molar-refractivity contribution is -0.137. The van der Waals surface area contributed by atoms with Crippen LogP contribution in [-0.4, -0.2) is 50.0 Å². The highest BCUT2D eigenvalue weighted by molar-refractivity contribution is 7.89. The van der Waals surface area contributed by atoms with Crippen molar-refractivity contribution in [3.63, 3.8) is 0 Å². The number of aliphatic carboxylic acids is 1. The highest BCUT2D eigenvalue weighted by atomic mass is 32.2. The number of sulfonamides is 1. The van der Waals surface area contributed by atoms with Crippen molar-refractivity contribution in [3.8, 4) is 0 Å². The zero-order chi connectivity index (χ0) is 16.0. The first-order valence-corrected chi connectivity index (χ1v) is 7.68. The molecule has 116 valence electrons. The normalized spacial score (nSPS) is 11.4. The smallest absolute Gasteiger partial charge is 0.338 e. The number of carbonyl (C=O) groups is 2. The molecule has 7 nitrogen and oxygen atoms in total. The van der Waals surface area contributed by atoms with E-state index in [1.807, 2.05) is 0 Å². The number of carboxylic acid groups (broad SMARTS) is 1. The second-order valence-corrected chi connectivity index (χ2v) is 6.26. The monoisotopic (exact) mass is 315 g/mol. The Morgan fingerprint density at radius 2 is 2.00 bits per heavy atom. The Kier molecular flexibility index (Phi) is 5.86. The van der Waals surface area contributed by atoms with Crippen LogP contribution in [0.25, 0.3) is 0 Å². The highest BCUT2D eigenvalue weighted by Gasteiger charge is 2.22. The van der Waals surface area contributed by atoms with E-state index in [4.69, 9.17) is 9.84 Å². The maximum Gasteiger partial charge on any atom is 0.338 e. The van der Waals surface area contributed by atoms with Crippen molar-refractivity contribution >= 4 is 22.0 Å². The molecule has 0 aromatic heterocycles. The maximum absolute atomic E-state index is 12.3. The second-order valence-electron chi connectivity index (χ2n) is 4.22. The van der Waals surface area contributed by atoms with Crippen molar-refractivity contribution in [1.82, 2.24) is 4.31 Å². The predicted octanol–water partition coefficient (Wildman–Crippen LogP) is 0.959. The van der Waals surface area contributed by atoms with Gasteiger partial charge in [-0.15, -0.1) is 0 Å². The quantitative estimate of drug-likeness (QED) is 0.752. The number of carbonyl (C=O) groups excluding carboxylic acids is 1. The van der Waals surface area contributed by atoms with E-state index in [2.05, 4.69) is 0 Å². The van der Waals surface area contributed by atoms with Crippen LogP contribution in [-0.2, 0) is 19.6 Å². The van der Waals surface area contributed by atoms with Crippen molar-refractivity contribution in [3.05, 3.63) is 29.8 Å². The van der Waals surface area contributed by atoms with Crippen molar-refractivity contribution in [2.24, 2.45) is 0 Å². The van der Waals surface area contributed by atoms with Crippen LogP contribution >= 0.6 is 0 Å². The van der Waals surface area contributed by atoms with Gasteiger partial charge in [-0.25, -0.2) is 17.5 Å².